The highest BCUT2D eigenvalue weighted by Gasteiger charge is 2.19. The molecule has 0 saturated carbocycles. The van der Waals surface area contributed by atoms with Crippen LogP contribution in [0, 0.1) is 0 Å². The number of thiophene rings is 1. The Labute approximate surface area is 153 Å². The van der Waals surface area contributed by atoms with Gasteiger partial charge in [-0.05, 0) is 30.2 Å². The number of carbonyl (C=O) groups is 1. The SMILES string of the molecule is COCCc1ccc(Oc2ccnc3sc(C(N)=O)c(N)c23)c(Cl)c1. The average Bonchev–Trinajstić information content (AvgIpc) is 2.93. The second kappa shape index (κ2) is 7.26. The molecule has 0 aliphatic rings. The fourth-order valence-electron chi connectivity index (χ4n) is 2.41. The molecule has 0 aliphatic carbocycles. The lowest BCUT2D eigenvalue weighted by Crippen LogP contribution is -2.10. The maximum Gasteiger partial charge on any atom is 0.260 e. The van der Waals surface area contributed by atoms with Crippen LogP contribution in [0.1, 0.15) is 15.2 Å². The quantitative estimate of drug-likeness (QED) is 0.683. The standard InChI is InChI=1S/C17H16ClN3O3S/c1-23-7-5-9-2-3-11(10(18)8-9)24-12-4-6-21-17-13(12)14(19)15(25-17)16(20)22/h2-4,6,8H,5,7,19H2,1H3,(H2,20,22). The van der Waals surface area contributed by atoms with Crippen molar-refractivity contribution < 1.29 is 14.3 Å². The van der Waals surface area contributed by atoms with E-state index in [-0.39, 0.29) is 10.6 Å². The molecule has 0 fully saturated rings. The van der Waals surface area contributed by atoms with E-state index in [0.717, 1.165) is 23.3 Å². The zero-order valence-corrected chi connectivity index (χ0v) is 15.0. The maximum atomic E-state index is 11.5. The predicted molar refractivity (Wildman–Crippen MR) is 99.7 cm³/mol. The highest BCUT2D eigenvalue weighted by Crippen LogP contribution is 2.41. The fraction of sp³-hybridized carbons (Fsp3) is 0.176. The molecule has 8 heteroatoms. The van der Waals surface area contributed by atoms with Gasteiger partial charge in [0.2, 0.25) is 0 Å². The number of hydrogen-bond acceptors (Lipinski definition) is 6. The number of anilines is 1. The predicted octanol–water partition coefficient (Wildman–Crippen LogP) is 3.61. The Bertz CT molecular complexity index is 942. The number of nitrogens with two attached hydrogens (primary N) is 2. The topological polar surface area (TPSA) is 100 Å². The third kappa shape index (κ3) is 3.53. The van der Waals surface area contributed by atoms with E-state index in [9.17, 15) is 4.79 Å². The number of benzene rings is 1. The zero-order valence-electron chi connectivity index (χ0n) is 13.4. The first-order valence-electron chi connectivity index (χ1n) is 7.43. The summed E-state index contributed by atoms with van der Waals surface area (Å²) in [5, 5.41) is 1.03. The minimum atomic E-state index is -0.591. The second-order valence-electron chi connectivity index (χ2n) is 5.31. The van der Waals surface area contributed by atoms with Gasteiger partial charge in [0.05, 0.1) is 22.7 Å². The average molecular weight is 378 g/mol. The number of halogens is 1. The van der Waals surface area contributed by atoms with E-state index in [1.807, 2.05) is 12.1 Å². The molecule has 2 heterocycles. The monoisotopic (exact) mass is 377 g/mol. The molecule has 0 bridgehead atoms. The lowest BCUT2D eigenvalue weighted by molar-refractivity contribution is 0.100. The van der Waals surface area contributed by atoms with Crippen LogP contribution in [-0.4, -0.2) is 24.6 Å². The van der Waals surface area contributed by atoms with Crippen molar-refractivity contribution >= 4 is 44.7 Å². The summed E-state index contributed by atoms with van der Waals surface area (Å²) in [6.45, 7) is 0.614. The van der Waals surface area contributed by atoms with Gasteiger partial charge >= 0.3 is 0 Å². The van der Waals surface area contributed by atoms with Crippen LogP contribution in [0.5, 0.6) is 11.5 Å². The molecule has 4 N–H and O–H groups in total. The molecule has 1 aromatic carbocycles. The van der Waals surface area contributed by atoms with E-state index in [1.165, 1.54) is 0 Å². The number of carbonyl (C=O) groups excluding carboxylic acids is 1. The van der Waals surface area contributed by atoms with E-state index in [2.05, 4.69) is 4.98 Å². The second-order valence-corrected chi connectivity index (χ2v) is 6.71. The normalized spacial score (nSPS) is 11.0. The molecular weight excluding hydrogens is 362 g/mol. The molecule has 3 rings (SSSR count). The Morgan fingerprint density at radius 1 is 1.32 bits per heavy atom. The molecule has 130 valence electrons. The molecule has 2 aromatic heterocycles. The zero-order chi connectivity index (χ0) is 18.0. The van der Waals surface area contributed by atoms with Crippen molar-refractivity contribution in [1.29, 1.82) is 0 Å². The van der Waals surface area contributed by atoms with Crippen molar-refractivity contribution in [2.45, 2.75) is 6.42 Å². The Hall–Kier alpha value is -2.35. The van der Waals surface area contributed by atoms with Crippen molar-refractivity contribution in [3.05, 3.63) is 45.9 Å². The number of hydrogen-bond donors (Lipinski definition) is 2. The Morgan fingerprint density at radius 2 is 2.12 bits per heavy atom. The number of amides is 1. The van der Waals surface area contributed by atoms with Crippen LogP contribution < -0.4 is 16.2 Å². The van der Waals surface area contributed by atoms with Crippen molar-refractivity contribution in [1.82, 2.24) is 4.98 Å². The van der Waals surface area contributed by atoms with Crippen molar-refractivity contribution in [3.63, 3.8) is 0 Å². The number of nitrogen functional groups attached to an aromatic ring is 1. The smallest absolute Gasteiger partial charge is 0.260 e. The van der Waals surface area contributed by atoms with Crippen LogP contribution in [0.2, 0.25) is 5.02 Å². The van der Waals surface area contributed by atoms with Gasteiger partial charge in [0, 0.05) is 13.3 Å². The summed E-state index contributed by atoms with van der Waals surface area (Å²) >= 11 is 7.46. The summed E-state index contributed by atoms with van der Waals surface area (Å²) < 4.78 is 11.0. The van der Waals surface area contributed by atoms with Gasteiger partial charge in [0.25, 0.3) is 5.91 Å². The summed E-state index contributed by atoms with van der Waals surface area (Å²) in [6, 6.07) is 7.22. The minimum Gasteiger partial charge on any atom is -0.455 e. The third-order valence-electron chi connectivity index (χ3n) is 3.63. The van der Waals surface area contributed by atoms with Gasteiger partial charge < -0.3 is 20.9 Å². The summed E-state index contributed by atoms with van der Waals surface area (Å²) in [5.74, 6) is 0.367. The van der Waals surface area contributed by atoms with Crippen LogP contribution in [0.3, 0.4) is 0 Å². The highest BCUT2D eigenvalue weighted by atomic mass is 35.5. The number of methoxy groups -OCH3 is 1. The van der Waals surface area contributed by atoms with Gasteiger partial charge in [0.15, 0.2) is 0 Å². The molecule has 0 saturated heterocycles. The number of aromatic nitrogens is 1. The number of fused-ring (bicyclic) bond motifs is 1. The fourth-order valence-corrected chi connectivity index (χ4v) is 3.58. The Kier molecular flexibility index (Phi) is 5.08. The number of rotatable bonds is 6. The van der Waals surface area contributed by atoms with Crippen LogP contribution in [0.4, 0.5) is 5.69 Å². The van der Waals surface area contributed by atoms with Crippen LogP contribution in [0.25, 0.3) is 10.2 Å². The molecule has 0 radical (unpaired) electrons. The van der Waals surface area contributed by atoms with E-state index in [4.69, 9.17) is 32.5 Å². The first kappa shape index (κ1) is 17.5. The molecule has 0 atom stereocenters. The first-order valence-corrected chi connectivity index (χ1v) is 8.62. The third-order valence-corrected chi connectivity index (χ3v) is 5.05. The van der Waals surface area contributed by atoms with Gasteiger partial charge in [-0.15, -0.1) is 11.3 Å². The van der Waals surface area contributed by atoms with Gasteiger partial charge in [-0.1, -0.05) is 17.7 Å². The number of pyridine rings is 1. The van der Waals surface area contributed by atoms with Crippen LogP contribution >= 0.6 is 22.9 Å². The highest BCUT2D eigenvalue weighted by molar-refractivity contribution is 7.21. The first-order chi connectivity index (χ1) is 12.0. The van der Waals surface area contributed by atoms with Gasteiger partial charge in [0.1, 0.15) is 21.2 Å². The molecule has 25 heavy (non-hydrogen) atoms. The largest absolute Gasteiger partial charge is 0.455 e. The molecule has 6 nitrogen and oxygen atoms in total. The number of primary amides is 1. The lowest BCUT2D eigenvalue weighted by atomic mass is 10.1. The number of nitrogens with zero attached hydrogens (tertiary/aromatic N) is 1. The molecule has 0 spiro atoms. The van der Waals surface area contributed by atoms with Gasteiger partial charge in [-0.25, -0.2) is 4.98 Å². The molecule has 0 unspecified atom stereocenters. The van der Waals surface area contributed by atoms with Gasteiger partial charge in [-0.2, -0.15) is 0 Å². The van der Waals surface area contributed by atoms with E-state index < -0.39 is 5.91 Å². The maximum absolute atomic E-state index is 11.5. The van der Waals surface area contributed by atoms with Crippen LogP contribution in [0.15, 0.2) is 30.5 Å². The summed E-state index contributed by atoms with van der Waals surface area (Å²) in [4.78, 5) is 16.6. The van der Waals surface area contributed by atoms with E-state index in [0.29, 0.717) is 33.3 Å². The van der Waals surface area contributed by atoms with Crippen LogP contribution in [-0.2, 0) is 11.2 Å². The minimum absolute atomic E-state index is 0.263. The summed E-state index contributed by atoms with van der Waals surface area (Å²) in [5.41, 5.74) is 12.7. The van der Waals surface area contributed by atoms with E-state index >= 15 is 0 Å². The lowest BCUT2D eigenvalue weighted by Gasteiger charge is -2.10. The Balaban J connectivity index is 1.97. The van der Waals surface area contributed by atoms with E-state index in [1.54, 1.807) is 25.4 Å². The summed E-state index contributed by atoms with van der Waals surface area (Å²) in [6.07, 6.45) is 2.34. The van der Waals surface area contributed by atoms with Crippen molar-refractivity contribution in [2.75, 3.05) is 19.5 Å². The molecule has 1 amide bonds. The number of ether oxygens (including phenoxy) is 2. The summed E-state index contributed by atoms with van der Waals surface area (Å²) in [7, 11) is 1.65. The molecule has 0 aliphatic heterocycles. The Morgan fingerprint density at radius 3 is 2.80 bits per heavy atom. The van der Waals surface area contributed by atoms with Crippen molar-refractivity contribution in [3.8, 4) is 11.5 Å². The van der Waals surface area contributed by atoms with Gasteiger partial charge in [-0.3, -0.25) is 4.79 Å². The molecule has 3 aromatic rings. The molecular formula is C17H16ClN3O3S. The van der Waals surface area contributed by atoms with Crippen molar-refractivity contribution in [2.24, 2.45) is 5.73 Å².